The van der Waals surface area contributed by atoms with Crippen LogP contribution in [0.3, 0.4) is 0 Å². The lowest BCUT2D eigenvalue weighted by Gasteiger charge is -2.63. The van der Waals surface area contributed by atoms with Crippen LogP contribution in [0.25, 0.3) is 0 Å². The molecule has 1 N–H and O–H groups in total. The van der Waals surface area contributed by atoms with Crippen molar-refractivity contribution < 1.29 is 9.53 Å². The van der Waals surface area contributed by atoms with Crippen LogP contribution in [0.2, 0.25) is 5.02 Å². The second kappa shape index (κ2) is 8.08. The van der Waals surface area contributed by atoms with E-state index in [0.29, 0.717) is 22.2 Å². The summed E-state index contributed by atoms with van der Waals surface area (Å²) in [6, 6.07) is 5.36. The molecule has 0 radical (unpaired) electrons. The Kier molecular flexibility index (Phi) is 5.98. The van der Waals surface area contributed by atoms with Crippen molar-refractivity contribution in [3.05, 3.63) is 46.0 Å². The number of amides is 1. The van der Waals surface area contributed by atoms with Crippen LogP contribution in [-0.4, -0.2) is 33.2 Å². The highest BCUT2D eigenvalue weighted by Crippen LogP contribution is 2.56. The Morgan fingerprint density at radius 3 is 2.39 bits per heavy atom. The van der Waals surface area contributed by atoms with Gasteiger partial charge in [-0.2, -0.15) is 5.26 Å². The van der Waals surface area contributed by atoms with Crippen LogP contribution in [0.5, 0.6) is 5.75 Å². The first-order valence-electron chi connectivity index (χ1n) is 10.3. The summed E-state index contributed by atoms with van der Waals surface area (Å²) in [5.41, 5.74) is 0.624. The highest BCUT2D eigenvalue weighted by molar-refractivity contribution is 6.32. The van der Waals surface area contributed by atoms with E-state index in [4.69, 9.17) is 21.6 Å². The zero-order chi connectivity index (χ0) is 23.1. The van der Waals surface area contributed by atoms with Crippen LogP contribution >= 0.6 is 11.6 Å². The quantitative estimate of drug-likeness (QED) is 0.735. The molecule has 0 atom stereocenters. The zero-order valence-corrected chi connectivity index (χ0v) is 19.7. The summed E-state index contributed by atoms with van der Waals surface area (Å²) < 4.78 is 6.37. The van der Waals surface area contributed by atoms with E-state index < -0.39 is 0 Å². The van der Waals surface area contributed by atoms with Gasteiger partial charge in [-0.1, -0.05) is 53.1 Å². The van der Waals surface area contributed by atoms with E-state index in [9.17, 15) is 4.79 Å². The molecule has 0 unspecified atom stereocenters. The van der Waals surface area contributed by atoms with Gasteiger partial charge in [-0.25, -0.2) is 4.98 Å². The fourth-order valence-corrected chi connectivity index (χ4v) is 4.86. The summed E-state index contributed by atoms with van der Waals surface area (Å²) in [5, 5.41) is 20.7. The molecule has 164 valence electrons. The average molecular weight is 442 g/mol. The number of ether oxygens (including phenoxy) is 1. The first kappa shape index (κ1) is 23.0. The zero-order valence-electron chi connectivity index (χ0n) is 18.9. The van der Waals surface area contributed by atoms with E-state index in [2.05, 4.69) is 54.3 Å². The Balaban J connectivity index is 1.77. The third-order valence-electron chi connectivity index (χ3n) is 6.15. The molecule has 3 rings (SSSR count). The fourth-order valence-electron chi connectivity index (χ4n) is 4.67. The van der Waals surface area contributed by atoms with E-state index in [1.54, 1.807) is 12.1 Å². The van der Waals surface area contributed by atoms with Gasteiger partial charge < -0.3 is 10.1 Å². The SMILES string of the molecule is Cc1c(OC2C(C)(C)C(NC(=O)c3cnc(C(C)C)nn3)C2(C)C)ccc(C#N)c1Cl. The van der Waals surface area contributed by atoms with E-state index >= 15 is 0 Å². The first-order chi connectivity index (χ1) is 14.4. The van der Waals surface area contributed by atoms with Gasteiger partial charge in [-0.3, -0.25) is 4.79 Å². The lowest BCUT2D eigenvalue weighted by molar-refractivity contribution is -0.164. The number of hydrogen-bond acceptors (Lipinski definition) is 6. The number of benzene rings is 1. The van der Waals surface area contributed by atoms with Gasteiger partial charge in [0.2, 0.25) is 0 Å². The van der Waals surface area contributed by atoms with Crippen molar-refractivity contribution in [1.82, 2.24) is 20.5 Å². The van der Waals surface area contributed by atoms with Crippen molar-refractivity contribution in [1.29, 1.82) is 5.26 Å². The maximum absolute atomic E-state index is 12.8. The number of halogens is 1. The Morgan fingerprint density at radius 1 is 1.23 bits per heavy atom. The number of carbonyl (C=O) groups is 1. The number of rotatable bonds is 5. The average Bonchev–Trinajstić information content (AvgIpc) is 2.72. The van der Waals surface area contributed by atoms with Gasteiger partial charge >= 0.3 is 0 Å². The number of nitrogens with zero attached hydrogens (tertiary/aromatic N) is 4. The van der Waals surface area contributed by atoms with E-state index in [1.165, 1.54) is 6.20 Å². The molecule has 1 amide bonds. The van der Waals surface area contributed by atoms with Crippen LogP contribution in [0.4, 0.5) is 0 Å². The predicted octanol–water partition coefficient (Wildman–Crippen LogP) is 4.44. The second-order valence-electron chi connectivity index (χ2n) is 9.57. The minimum Gasteiger partial charge on any atom is -0.489 e. The van der Waals surface area contributed by atoms with Crippen molar-refractivity contribution in [3.8, 4) is 11.8 Å². The van der Waals surface area contributed by atoms with Crippen LogP contribution < -0.4 is 10.1 Å². The Morgan fingerprint density at radius 2 is 1.87 bits per heavy atom. The molecule has 1 aliphatic carbocycles. The smallest absolute Gasteiger partial charge is 0.273 e. The van der Waals surface area contributed by atoms with Gasteiger partial charge in [0, 0.05) is 28.4 Å². The number of hydrogen-bond donors (Lipinski definition) is 1. The fraction of sp³-hybridized carbons (Fsp3) is 0.522. The molecule has 0 saturated heterocycles. The van der Waals surface area contributed by atoms with Crippen molar-refractivity contribution >= 4 is 17.5 Å². The van der Waals surface area contributed by atoms with Crippen LogP contribution in [-0.2, 0) is 0 Å². The summed E-state index contributed by atoms with van der Waals surface area (Å²) in [6.07, 6.45) is 1.28. The lowest BCUT2D eigenvalue weighted by Crippen LogP contribution is -2.74. The third-order valence-corrected chi connectivity index (χ3v) is 6.63. The van der Waals surface area contributed by atoms with Crippen LogP contribution in [0, 0.1) is 29.1 Å². The Hall–Kier alpha value is -2.72. The molecule has 8 heteroatoms. The van der Waals surface area contributed by atoms with E-state index in [1.807, 2.05) is 20.8 Å². The van der Waals surface area contributed by atoms with Crippen molar-refractivity contribution in [2.24, 2.45) is 10.8 Å². The highest BCUT2D eigenvalue weighted by atomic mass is 35.5. The van der Waals surface area contributed by atoms with Gasteiger partial charge in [0.1, 0.15) is 17.9 Å². The number of nitrogens with one attached hydrogen (secondary N) is 1. The van der Waals surface area contributed by atoms with Crippen LogP contribution in [0.1, 0.15) is 74.9 Å². The molecule has 0 aliphatic heterocycles. The summed E-state index contributed by atoms with van der Waals surface area (Å²) in [4.78, 5) is 17.0. The molecular weight excluding hydrogens is 414 g/mol. The minimum absolute atomic E-state index is 0.145. The molecular formula is C23H28ClN5O2. The molecule has 1 fully saturated rings. The predicted molar refractivity (Wildman–Crippen MR) is 118 cm³/mol. The van der Waals surface area contributed by atoms with Gasteiger partial charge in [-0.15, -0.1) is 10.2 Å². The molecule has 7 nitrogen and oxygen atoms in total. The number of carbonyl (C=O) groups excluding carboxylic acids is 1. The van der Waals surface area contributed by atoms with Crippen LogP contribution in [0.15, 0.2) is 18.3 Å². The molecule has 0 bridgehead atoms. The molecule has 2 aromatic rings. The topological polar surface area (TPSA) is 101 Å². The largest absolute Gasteiger partial charge is 0.489 e. The summed E-state index contributed by atoms with van der Waals surface area (Å²) in [6.45, 7) is 14.0. The molecule has 0 spiro atoms. The maximum Gasteiger partial charge on any atom is 0.273 e. The second-order valence-corrected chi connectivity index (χ2v) is 9.94. The van der Waals surface area contributed by atoms with Crippen molar-refractivity contribution in [3.63, 3.8) is 0 Å². The minimum atomic E-state index is -0.356. The third kappa shape index (κ3) is 3.97. The monoisotopic (exact) mass is 441 g/mol. The molecule has 1 aromatic carbocycles. The molecule has 31 heavy (non-hydrogen) atoms. The first-order valence-corrected chi connectivity index (χ1v) is 10.6. The van der Waals surface area contributed by atoms with E-state index in [0.717, 1.165) is 5.56 Å². The van der Waals surface area contributed by atoms with Crippen molar-refractivity contribution in [2.45, 2.75) is 66.5 Å². The van der Waals surface area contributed by atoms with Crippen molar-refractivity contribution in [2.75, 3.05) is 0 Å². The summed E-state index contributed by atoms with van der Waals surface area (Å²) >= 11 is 6.30. The standard InChI is InChI=1S/C23H28ClN5O2/c1-12(2)18-26-11-15(28-29-18)19(30)27-20-22(4,5)21(23(20,6)7)31-16-9-8-14(10-25)17(24)13(16)3/h8-9,11-12,20-21H,1-7H3,(H,27,30). The van der Waals surface area contributed by atoms with Gasteiger partial charge in [0.05, 0.1) is 16.8 Å². The number of nitriles is 1. The Labute approximate surface area is 188 Å². The highest BCUT2D eigenvalue weighted by Gasteiger charge is 2.64. The molecule has 1 aliphatic rings. The van der Waals surface area contributed by atoms with Gasteiger partial charge in [0.15, 0.2) is 11.5 Å². The summed E-state index contributed by atoms with van der Waals surface area (Å²) in [7, 11) is 0. The molecule has 1 aromatic heterocycles. The van der Waals surface area contributed by atoms with Gasteiger partial charge in [-0.05, 0) is 19.1 Å². The van der Waals surface area contributed by atoms with Gasteiger partial charge in [0.25, 0.3) is 5.91 Å². The number of aromatic nitrogens is 3. The summed E-state index contributed by atoms with van der Waals surface area (Å²) in [5.74, 6) is 1.08. The normalized spacial score (nSPS) is 21.2. The molecule has 1 heterocycles. The lowest BCUT2D eigenvalue weighted by atomic mass is 9.49. The van der Waals surface area contributed by atoms with E-state index in [-0.39, 0.29) is 40.5 Å². The maximum atomic E-state index is 12.8. The Bertz CT molecular complexity index is 1030. The molecule has 1 saturated carbocycles.